The minimum atomic E-state index is -0.739. The summed E-state index contributed by atoms with van der Waals surface area (Å²) in [5.41, 5.74) is 8.11. The molecule has 1 atom stereocenters. The lowest BCUT2D eigenvalue weighted by molar-refractivity contribution is -0.134. The molecule has 7 heteroatoms. The molecule has 2 aliphatic heterocycles. The minimum Gasteiger partial charge on any atom is -0.461 e. The summed E-state index contributed by atoms with van der Waals surface area (Å²) in [7, 11) is 0. The predicted molar refractivity (Wildman–Crippen MR) is 166 cm³/mol. The zero-order valence-corrected chi connectivity index (χ0v) is 25.1. The van der Waals surface area contributed by atoms with Crippen molar-refractivity contribution in [3.8, 4) is 0 Å². The summed E-state index contributed by atoms with van der Waals surface area (Å²) in [5.74, 6) is -0.399. The quantitative estimate of drug-likeness (QED) is 0.211. The third-order valence-electron chi connectivity index (χ3n) is 7.21. The normalized spacial score (nSPS) is 19.2. The van der Waals surface area contributed by atoms with Crippen LogP contribution in [0.4, 0.5) is 5.69 Å². The Hall–Kier alpha value is -3.00. The van der Waals surface area contributed by atoms with Crippen LogP contribution in [0.15, 0.2) is 107 Å². The Kier molecular flexibility index (Phi) is 6.86. The van der Waals surface area contributed by atoms with Gasteiger partial charge in [0.2, 0.25) is 5.04 Å². The third-order valence-corrected chi connectivity index (χ3v) is 11.0. The van der Waals surface area contributed by atoms with Gasteiger partial charge in [-0.2, -0.15) is 5.10 Å². The standard InChI is InChI=1S/C32H27BrN2O2S2/c1-4-37-30(36)29-34-35(24-19-17-23(33)18-20-24)32(38-29)28-16-10-9-15-27(28)31(39-32,25-13-7-5-11-21(25)2)26-14-8-6-12-22(26)3/h5-20H,4H2,1-3H3/t32-/m0/s1. The molecule has 0 unspecified atom stereocenters. The topological polar surface area (TPSA) is 41.9 Å². The van der Waals surface area contributed by atoms with E-state index in [4.69, 9.17) is 9.84 Å². The van der Waals surface area contributed by atoms with Gasteiger partial charge in [0, 0.05) is 10.0 Å². The number of aryl methyl sites for hydroxylation is 2. The molecule has 0 aliphatic carbocycles. The summed E-state index contributed by atoms with van der Waals surface area (Å²) in [6.45, 7) is 6.47. The van der Waals surface area contributed by atoms with Gasteiger partial charge in [-0.25, -0.2) is 9.80 Å². The Morgan fingerprint density at radius 1 is 0.821 bits per heavy atom. The van der Waals surface area contributed by atoms with E-state index in [9.17, 15) is 4.79 Å². The van der Waals surface area contributed by atoms with E-state index in [0.717, 1.165) is 15.7 Å². The van der Waals surface area contributed by atoms with Crippen molar-refractivity contribution in [2.45, 2.75) is 29.7 Å². The number of halogens is 1. The van der Waals surface area contributed by atoms with Crippen LogP contribution in [0.2, 0.25) is 0 Å². The maximum atomic E-state index is 13.1. The van der Waals surface area contributed by atoms with Crippen LogP contribution >= 0.6 is 39.5 Å². The summed E-state index contributed by atoms with van der Waals surface area (Å²) >= 11 is 6.87. The van der Waals surface area contributed by atoms with Crippen LogP contribution in [0.5, 0.6) is 0 Å². The van der Waals surface area contributed by atoms with E-state index in [2.05, 4.69) is 103 Å². The fraction of sp³-hybridized carbons (Fsp3) is 0.188. The first-order valence-electron chi connectivity index (χ1n) is 12.8. The van der Waals surface area contributed by atoms with E-state index in [-0.39, 0.29) is 0 Å². The molecule has 39 heavy (non-hydrogen) atoms. The van der Waals surface area contributed by atoms with Gasteiger partial charge in [0.15, 0.2) is 4.20 Å². The van der Waals surface area contributed by atoms with Crippen LogP contribution in [0.25, 0.3) is 0 Å². The monoisotopic (exact) mass is 614 g/mol. The fourth-order valence-electron chi connectivity index (χ4n) is 5.53. The van der Waals surface area contributed by atoms with Crippen molar-refractivity contribution in [3.05, 3.63) is 135 Å². The average Bonchev–Trinajstić information content (AvgIpc) is 3.47. The van der Waals surface area contributed by atoms with Gasteiger partial charge in [-0.3, -0.25) is 0 Å². The van der Waals surface area contributed by atoms with E-state index >= 15 is 0 Å². The molecule has 0 saturated carbocycles. The number of hydrogen-bond acceptors (Lipinski definition) is 6. The van der Waals surface area contributed by atoms with Gasteiger partial charge in [-0.15, -0.1) is 0 Å². The number of benzene rings is 4. The molecule has 4 aromatic carbocycles. The zero-order valence-electron chi connectivity index (χ0n) is 21.9. The molecule has 4 aromatic rings. The Labute approximate surface area is 246 Å². The molecule has 6 rings (SSSR count). The first kappa shape index (κ1) is 26.2. The van der Waals surface area contributed by atoms with Gasteiger partial charge in [-0.05, 0) is 72.9 Å². The number of rotatable bonds is 5. The summed E-state index contributed by atoms with van der Waals surface area (Å²) in [4.78, 5) is 13.1. The van der Waals surface area contributed by atoms with Crippen LogP contribution in [0.3, 0.4) is 0 Å². The second kappa shape index (κ2) is 10.2. The van der Waals surface area contributed by atoms with Gasteiger partial charge < -0.3 is 4.74 Å². The van der Waals surface area contributed by atoms with Crippen molar-refractivity contribution < 1.29 is 9.53 Å². The van der Waals surface area contributed by atoms with Crippen LogP contribution in [0, 0.1) is 13.8 Å². The van der Waals surface area contributed by atoms with Crippen molar-refractivity contribution in [3.63, 3.8) is 0 Å². The highest BCUT2D eigenvalue weighted by molar-refractivity contribution is 9.10. The number of ether oxygens (including phenoxy) is 1. The van der Waals surface area contributed by atoms with Gasteiger partial charge in [-0.1, -0.05) is 112 Å². The Morgan fingerprint density at radius 2 is 1.36 bits per heavy atom. The second-order valence-corrected chi connectivity index (χ2v) is 13.3. The first-order valence-corrected chi connectivity index (χ1v) is 15.3. The number of carbonyl (C=O) groups excluding carboxylic acids is 1. The number of hydrogen-bond donors (Lipinski definition) is 0. The molecule has 2 heterocycles. The van der Waals surface area contributed by atoms with Crippen molar-refractivity contribution in [1.29, 1.82) is 0 Å². The molecule has 0 bridgehead atoms. The summed E-state index contributed by atoms with van der Waals surface area (Å²) in [6.07, 6.45) is 0. The lowest BCUT2D eigenvalue weighted by atomic mass is 9.79. The van der Waals surface area contributed by atoms with Crippen molar-refractivity contribution in [2.75, 3.05) is 11.6 Å². The van der Waals surface area contributed by atoms with E-state index in [0.29, 0.717) is 11.7 Å². The molecule has 2 aliphatic rings. The lowest BCUT2D eigenvalue weighted by Crippen LogP contribution is -2.34. The maximum Gasteiger partial charge on any atom is 0.365 e. The first-order chi connectivity index (χ1) is 18.9. The number of carbonyl (C=O) groups is 1. The molecule has 0 fully saturated rings. The SMILES string of the molecule is CCOC(=O)C1=NN(c2ccc(Br)cc2)[C@@]2(S1)SC(c1ccccc1C)(c1ccccc1C)c1ccccc12. The van der Waals surface area contributed by atoms with Crippen LogP contribution in [-0.2, 0) is 18.5 Å². The summed E-state index contributed by atoms with van der Waals surface area (Å²) in [5, 5.41) is 7.31. The van der Waals surface area contributed by atoms with Gasteiger partial charge in [0.1, 0.15) is 0 Å². The smallest absolute Gasteiger partial charge is 0.365 e. The van der Waals surface area contributed by atoms with Crippen LogP contribution in [-0.4, -0.2) is 17.6 Å². The molecule has 0 aromatic heterocycles. The van der Waals surface area contributed by atoms with E-state index in [1.165, 1.54) is 39.6 Å². The Morgan fingerprint density at radius 3 is 1.92 bits per heavy atom. The molecule has 4 nitrogen and oxygen atoms in total. The number of hydrazone groups is 1. The van der Waals surface area contributed by atoms with E-state index in [1.54, 1.807) is 0 Å². The van der Waals surface area contributed by atoms with Gasteiger partial charge in [0.25, 0.3) is 0 Å². The molecule has 0 radical (unpaired) electrons. The van der Waals surface area contributed by atoms with Crippen molar-refractivity contribution in [1.82, 2.24) is 0 Å². The molecule has 196 valence electrons. The fourth-order valence-corrected chi connectivity index (χ4v) is 9.53. The zero-order chi connectivity index (χ0) is 27.2. The van der Waals surface area contributed by atoms with Gasteiger partial charge >= 0.3 is 5.97 Å². The predicted octanol–water partition coefficient (Wildman–Crippen LogP) is 8.34. The highest BCUT2D eigenvalue weighted by Gasteiger charge is 2.62. The Balaban J connectivity index is 1.66. The van der Waals surface area contributed by atoms with Gasteiger partial charge in [0.05, 0.1) is 17.0 Å². The third kappa shape index (κ3) is 4.14. The highest BCUT2D eigenvalue weighted by Crippen LogP contribution is 2.71. The maximum absolute atomic E-state index is 13.1. The number of nitrogens with zero attached hydrogens (tertiary/aromatic N) is 2. The molecular formula is C32H27BrN2O2S2. The average molecular weight is 616 g/mol. The largest absolute Gasteiger partial charge is 0.461 e. The molecule has 1 spiro atoms. The summed E-state index contributed by atoms with van der Waals surface area (Å²) in [6, 6.07) is 33.9. The number of esters is 1. The second-order valence-electron chi connectivity index (χ2n) is 9.56. The molecular weight excluding hydrogens is 588 g/mol. The van der Waals surface area contributed by atoms with Crippen molar-refractivity contribution >= 4 is 56.2 Å². The van der Waals surface area contributed by atoms with Crippen molar-refractivity contribution in [2.24, 2.45) is 5.10 Å². The van der Waals surface area contributed by atoms with Crippen LogP contribution in [0.1, 0.15) is 40.3 Å². The number of fused-ring (bicyclic) bond motifs is 2. The Bertz CT molecular complexity index is 1560. The van der Waals surface area contributed by atoms with Crippen LogP contribution < -0.4 is 5.01 Å². The number of anilines is 1. The highest BCUT2D eigenvalue weighted by atomic mass is 79.9. The molecule has 0 amide bonds. The molecule has 0 N–H and O–H groups in total. The van der Waals surface area contributed by atoms with E-state index < -0.39 is 14.9 Å². The lowest BCUT2D eigenvalue weighted by Gasteiger charge is -2.38. The minimum absolute atomic E-state index is 0.295. The number of thioether (sulfide) groups is 2. The van der Waals surface area contributed by atoms with E-state index in [1.807, 2.05) is 48.0 Å². The molecule has 0 saturated heterocycles. The summed E-state index contributed by atoms with van der Waals surface area (Å²) < 4.78 is 5.15.